The molecule has 4 aromatic rings. The normalized spacial score (nSPS) is 10.7. The Bertz CT molecular complexity index is 1340. The van der Waals surface area contributed by atoms with Crippen LogP contribution in [-0.2, 0) is 4.79 Å². The third-order valence-corrected chi connectivity index (χ3v) is 6.29. The Labute approximate surface area is 197 Å². The summed E-state index contributed by atoms with van der Waals surface area (Å²) in [4.78, 5) is 43.1. The first kappa shape index (κ1) is 22.6. The lowest BCUT2D eigenvalue weighted by Gasteiger charge is -2.13. The number of ether oxygens (including phenoxy) is 1. The topological polar surface area (TPSA) is 102 Å². The Morgan fingerprint density at radius 3 is 2.61 bits per heavy atom. The number of hydrogen-bond acceptors (Lipinski definition) is 7. The number of rotatable bonds is 8. The molecule has 2 heterocycles. The lowest BCUT2D eigenvalue weighted by Crippen LogP contribution is -2.35. The van der Waals surface area contributed by atoms with Crippen LogP contribution < -0.4 is 21.0 Å². The Balaban J connectivity index is 1.53. The zero-order valence-corrected chi connectivity index (χ0v) is 19.2. The van der Waals surface area contributed by atoms with Crippen LogP contribution in [0, 0.1) is 0 Å². The zero-order valence-electron chi connectivity index (χ0n) is 17.6. The highest BCUT2D eigenvalue weighted by Gasteiger charge is 2.16. The number of benzene rings is 2. The number of thioether (sulfide) groups is 1. The van der Waals surface area contributed by atoms with Crippen LogP contribution in [0.4, 0.5) is 5.69 Å². The zero-order chi connectivity index (χ0) is 23.2. The van der Waals surface area contributed by atoms with Crippen LogP contribution in [-0.4, -0.2) is 33.8 Å². The average Bonchev–Trinajstić information content (AvgIpc) is 3.36. The van der Waals surface area contributed by atoms with Gasteiger partial charge in [0, 0.05) is 5.69 Å². The summed E-state index contributed by atoms with van der Waals surface area (Å²) in [5.74, 6) is 0.00987. The van der Waals surface area contributed by atoms with Crippen LogP contribution in [0.2, 0.25) is 0 Å². The maximum atomic E-state index is 13.1. The molecule has 0 aliphatic carbocycles. The molecule has 2 aromatic carbocycles. The van der Waals surface area contributed by atoms with Gasteiger partial charge in [-0.3, -0.25) is 19.8 Å². The van der Waals surface area contributed by atoms with E-state index in [1.54, 1.807) is 66.0 Å². The smallest absolute Gasteiger partial charge is 0.281 e. The molecule has 0 spiro atoms. The SMILES string of the molecule is CCOc1ccc(NC(=O)CSc2nc3ccccc3c(=O)n2NC(=O)c2cccs2)cc1. The fraction of sp³-hybridized carbons (Fsp3) is 0.130. The van der Waals surface area contributed by atoms with Gasteiger partial charge in [0.05, 0.1) is 28.1 Å². The molecule has 0 saturated carbocycles. The van der Waals surface area contributed by atoms with Gasteiger partial charge in [-0.15, -0.1) is 11.3 Å². The first-order chi connectivity index (χ1) is 16.0. The summed E-state index contributed by atoms with van der Waals surface area (Å²) < 4.78 is 6.49. The predicted octanol–water partition coefficient (Wildman–Crippen LogP) is 3.97. The van der Waals surface area contributed by atoms with Crippen LogP contribution in [0.3, 0.4) is 0 Å². The van der Waals surface area contributed by atoms with Crippen molar-refractivity contribution in [2.24, 2.45) is 0 Å². The van der Waals surface area contributed by atoms with Crippen molar-refractivity contribution >= 4 is 51.5 Å². The summed E-state index contributed by atoms with van der Waals surface area (Å²) >= 11 is 2.32. The fourth-order valence-electron chi connectivity index (χ4n) is 3.00. The molecule has 0 aliphatic rings. The number of hydrogen-bond donors (Lipinski definition) is 2. The highest BCUT2D eigenvalue weighted by Crippen LogP contribution is 2.20. The van der Waals surface area contributed by atoms with Crippen molar-refractivity contribution < 1.29 is 14.3 Å². The summed E-state index contributed by atoms with van der Waals surface area (Å²) in [7, 11) is 0. The third kappa shape index (κ3) is 5.41. The van der Waals surface area contributed by atoms with Gasteiger partial charge in [-0.1, -0.05) is 30.0 Å². The molecule has 2 aromatic heterocycles. The van der Waals surface area contributed by atoms with Crippen molar-refractivity contribution in [3.05, 3.63) is 81.3 Å². The van der Waals surface area contributed by atoms with Crippen LogP contribution >= 0.6 is 23.1 Å². The molecule has 33 heavy (non-hydrogen) atoms. The van der Waals surface area contributed by atoms with Gasteiger partial charge in [-0.25, -0.2) is 4.98 Å². The standard InChI is InChI=1S/C23H20N4O4S2/c1-2-31-16-11-9-15(10-12-16)24-20(28)14-33-23-25-18-7-4-3-6-17(18)22(30)27(23)26-21(29)19-8-5-13-32-19/h3-13H,2,14H2,1H3,(H,24,28)(H,26,29). The van der Waals surface area contributed by atoms with E-state index in [0.717, 1.165) is 22.2 Å². The van der Waals surface area contributed by atoms with Gasteiger partial charge in [-0.05, 0) is 54.8 Å². The monoisotopic (exact) mass is 480 g/mol. The van der Waals surface area contributed by atoms with Gasteiger partial charge >= 0.3 is 0 Å². The van der Waals surface area contributed by atoms with Crippen LogP contribution in [0.5, 0.6) is 5.75 Å². The highest BCUT2D eigenvalue weighted by atomic mass is 32.2. The van der Waals surface area contributed by atoms with Gasteiger partial charge in [0.25, 0.3) is 11.5 Å². The number of aromatic nitrogens is 2. The van der Waals surface area contributed by atoms with Crippen molar-refractivity contribution in [2.45, 2.75) is 12.1 Å². The molecule has 0 saturated heterocycles. The average molecular weight is 481 g/mol. The number of fused-ring (bicyclic) bond motifs is 1. The van der Waals surface area contributed by atoms with E-state index >= 15 is 0 Å². The van der Waals surface area contributed by atoms with Crippen LogP contribution in [0.25, 0.3) is 10.9 Å². The number of para-hydroxylation sites is 1. The number of thiophene rings is 1. The molecule has 2 amide bonds. The lowest BCUT2D eigenvalue weighted by atomic mass is 10.2. The van der Waals surface area contributed by atoms with Gasteiger partial charge in [0.1, 0.15) is 5.75 Å². The van der Waals surface area contributed by atoms with Crippen molar-refractivity contribution in [1.82, 2.24) is 9.66 Å². The Morgan fingerprint density at radius 1 is 1.09 bits per heavy atom. The van der Waals surface area contributed by atoms with Gasteiger partial charge < -0.3 is 10.1 Å². The summed E-state index contributed by atoms with van der Waals surface area (Å²) in [5.41, 5.74) is 3.30. The van der Waals surface area contributed by atoms with Crippen LogP contribution in [0.15, 0.2) is 76.0 Å². The number of anilines is 1. The third-order valence-electron chi connectivity index (χ3n) is 4.48. The van der Waals surface area contributed by atoms with E-state index in [9.17, 15) is 14.4 Å². The number of amides is 2. The molecule has 0 unspecified atom stereocenters. The first-order valence-electron chi connectivity index (χ1n) is 10.1. The van der Waals surface area contributed by atoms with Gasteiger partial charge in [-0.2, -0.15) is 4.68 Å². The highest BCUT2D eigenvalue weighted by molar-refractivity contribution is 7.99. The number of carbonyl (C=O) groups excluding carboxylic acids is 2. The minimum Gasteiger partial charge on any atom is -0.494 e. The number of carbonyl (C=O) groups is 2. The molecule has 0 bridgehead atoms. The van der Waals surface area contributed by atoms with Crippen molar-refractivity contribution in [3.63, 3.8) is 0 Å². The summed E-state index contributed by atoms with van der Waals surface area (Å²) in [6.45, 7) is 2.46. The van der Waals surface area contributed by atoms with E-state index in [1.165, 1.54) is 11.3 Å². The first-order valence-corrected chi connectivity index (χ1v) is 11.9. The van der Waals surface area contributed by atoms with E-state index < -0.39 is 11.5 Å². The molecule has 168 valence electrons. The second kappa shape index (κ2) is 10.3. The second-order valence-electron chi connectivity index (χ2n) is 6.76. The summed E-state index contributed by atoms with van der Waals surface area (Å²) in [6, 6.07) is 17.3. The van der Waals surface area contributed by atoms with Crippen molar-refractivity contribution in [1.29, 1.82) is 0 Å². The maximum absolute atomic E-state index is 13.1. The Hall–Kier alpha value is -3.63. The molecule has 0 aliphatic heterocycles. The molecule has 4 rings (SSSR count). The summed E-state index contributed by atoms with van der Waals surface area (Å²) in [5, 5.41) is 5.16. The van der Waals surface area contributed by atoms with E-state index in [4.69, 9.17) is 4.74 Å². The second-order valence-corrected chi connectivity index (χ2v) is 8.65. The predicted molar refractivity (Wildman–Crippen MR) is 131 cm³/mol. The molecular weight excluding hydrogens is 460 g/mol. The molecule has 0 fully saturated rings. The quantitative estimate of drug-likeness (QED) is 0.292. The van der Waals surface area contributed by atoms with Gasteiger partial charge in [0.2, 0.25) is 5.91 Å². The van der Waals surface area contributed by atoms with E-state index in [1.807, 2.05) is 6.92 Å². The molecule has 0 radical (unpaired) electrons. The van der Waals surface area contributed by atoms with Crippen molar-refractivity contribution in [2.75, 3.05) is 23.1 Å². The molecule has 10 heteroatoms. The maximum Gasteiger partial charge on any atom is 0.281 e. The largest absolute Gasteiger partial charge is 0.494 e. The van der Waals surface area contributed by atoms with Crippen molar-refractivity contribution in [3.8, 4) is 5.75 Å². The Kier molecular flexibility index (Phi) is 7.06. The van der Waals surface area contributed by atoms with Crippen LogP contribution in [0.1, 0.15) is 16.6 Å². The molecule has 2 N–H and O–H groups in total. The van der Waals surface area contributed by atoms with Gasteiger partial charge in [0.15, 0.2) is 5.16 Å². The minimum atomic E-state index is -0.426. The van der Waals surface area contributed by atoms with E-state index in [2.05, 4.69) is 15.7 Å². The molecule has 0 atom stereocenters. The fourth-order valence-corrected chi connectivity index (χ4v) is 4.37. The minimum absolute atomic E-state index is 0.00708. The Morgan fingerprint density at radius 2 is 1.88 bits per heavy atom. The number of nitrogens with zero attached hydrogens (tertiary/aromatic N) is 2. The van der Waals surface area contributed by atoms with E-state index in [-0.39, 0.29) is 16.8 Å². The molecular formula is C23H20N4O4S2. The number of nitrogens with one attached hydrogen (secondary N) is 2. The van der Waals surface area contributed by atoms with E-state index in [0.29, 0.717) is 28.1 Å². The lowest BCUT2D eigenvalue weighted by molar-refractivity contribution is -0.113. The summed E-state index contributed by atoms with van der Waals surface area (Å²) in [6.07, 6.45) is 0. The molecule has 8 nitrogen and oxygen atoms in total.